The molecular formula is C14H18Cl2N2. The molecule has 3 atom stereocenters. The first kappa shape index (κ1) is 12.7. The molecule has 0 radical (unpaired) electrons. The van der Waals surface area contributed by atoms with Gasteiger partial charge in [-0.3, -0.25) is 4.90 Å². The number of nitrogens with one attached hydrogen (secondary N) is 1. The third-order valence-electron chi connectivity index (χ3n) is 4.44. The van der Waals surface area contributed by atoms with E-state index in [4.69, 9.17) is 23.2 Å². The van der Waals surface area contributed by atoms with Crippen LogP contribution in [0.5, 0.6) is 0 Å². The van der Waals surface area contributed by atoms with Gasteiger partial charge in [-0.05, 0) is 55.6 Å². The van der Waals surface area contributed by atoms with Gasteiger partial charge in [-0.25, -0.2) is 0 Å². The van der Waals surface area contributed by atoms with Gasteiger partial charge < -0.3 is 5.32 Å². The van der Waals surface area contributed by atoms with Crippen molar-refractivity contribution in [3.8, 4) is 0 Å². The van der Waals surface area contributed by atoms with Crippen LogP contribution < -0.4 is 5.32 Å². The Morgan fingerprint density at radius 2 is 2.17 bits per heavy atom. The monoisotopic (exact) mass is 284 g/mol. The topological polar surface area (TPSA) is 15.3 Å². The van der Waals surface area contributed by atoms with E-state index in [-0.39, 0.29) is 0 Å². The van der Waals surface area contributed by atoms with Gasteiger partial charge in [-0.1, -0.05) is 23.2 Å². The summed E-state index contributed by atoms with van der Waals surface area (Å²) in [4.78, 5) is 2.54. The number of halogens is 2. The van der Waals surface area contributed by atoms with E-state index in [1.165, 1.54) is 6.54 Å². The van der Waals surface area contributed by atoms with Gasteiger partial charge >= 0.3 is 0 Å². The summed E-state index contributed by atoms with van der Waals surface area (Å²) in [6.07, 6.45) is 0. The van der Waals surface area contributed by atoms with E-state index in [1.54, 1.807) is 0 Å². The third-order valence-corrected chi connectivity index (χ3v) is 5.04. The molecule has 2 fully saturated rings. The molecule has 18 heavy (non-hydrogen) atoms. The second-order valence-electron chi connectivity index (χ2n) is 5.49. The highest BCUT2D eigenvalue weighted by atomic mass is 35.5. The van der Waals surface area contributed by atoms with Crippen molar-refractivity contribution in [3.05, 3.63) is 33.8 Å². The van der Waals surface area contributed by atoms with Crippen molar-refractivity contribution < 1.29 is 0 Å². The van der Waals surface area contributed by atoms with Crippen molar-refractivity contribution in [2.24, 2.45) is 11.8 Å². The number of hydrogen-bond donors (Lipinski definition) is 1. The highest BCUT2D eigenvalue weighted by molar-refractivity contribution is 6.33. The van der Waals surface area contributed by atoms with Gasteiger partial charge in [-0.15, -0.1) is 0 Å². The van der Waals surface area contributed by atoms with Gasteiger partial charge in [0.2, 0.25) is 0 Å². The molecule has 0 amide bonds. The van der Waals surface area contributed by atoms with Crippen LogP contribution in [-0.2, 0) is 6.54 Å². The summed E-state index contributed by atoms with van der Waals surface area (Å²) in [6, 6.07) is 6.35. The molecule has 1 aromatic carbocycles. The average molecular weight is 285 g/mol. The van der Waals surface area contributed by atoms with Crippen molar-refractivity contribution in [2.75, 3.05) is 19.6 Å². The first-order valence-electron chi connectivity index (χ1n) is 6.54. The summed E-state index contributed by atoms with van der Waals surface area (Å²) < 4.78 is 0. The van der Waals surface area contributed by atoms with Crippen LogP contribution in [0.25, 0.3) is 0 Å². The van der Waals surface area contributed by atoms with Crippen LogP contribution in [0.15, 0.2) is 18.2 Å². The molecule has 0 spiro atoms. The van der Waals surface area contributed by atoms with Gasteiger partial charge in [0, 0.05) is 29.2 Å². The van der Waals surface area contributed by atoms with Gasteiger partial charge in [0.05, 0.1) is 0 Å². The first-order valence-corrected chi connectivity index (χ1v) is 7.29. The number of nitrogens with zero attached hydrogens (tertiary/aromatic N) is 1. The molecule has 3 unspecified atom stereocenters. The van der Waals surface area contributed by atoms with Crippen LogP contribution in [0.1, 0.15) is 12.5 Å². The van der Waals surface area contributed by atoms with Crippen molar-refractivity contribution >= 4 is 23.2 Å². The predicted octanol–water partition coefficient (Wildman–Crippen LogP) is 3.03. The fourth-order valence-corrected chi connectivity index (χ4v) is 3.72. The zero-order valence-electron chi connectivity index (χ0n) is 10.5. The maximum absolute atomic E-state index is 6.25. The third kappa shape index (κ3) is 2.27. The normalized spacial score (nSPS) is 31.8. The zero-order valence-corrected chi connectivity index (χ0v) is 12.0. The van der Waals surface area contributed by atoms with Crippen molar-refractivity contribution in [1.82, 2.24) is 10.2 Å². The van der Waals surface area contributed by atoms with E-state index < -0.39 is 0 Å². The molecule has 2 heterocycles. The Morgan fingerprint density at radius 3 is 2.94 bits per heavy atom. The second kappa shape index (κ2) is 5.01. The van der Waals surface area contributed by atoms with Crippen molar-refractivity contribution in [2.45, 2.75) is 19.5 Å². The zero-order chi connectivity index (χ0) is 12.7. The predicted molar refractivity (Wildman–Crippen MR) is 76.2 cm³/mol. The van der Waals surface area contributed by atoms with E-state index in [1.807, 2.05) is 18.2 Å². The largest absolute Gasteiger partial charge is 0.316 e. The minimum absolute atomic E-state index is 0.625. The van der Waals surface area contributed by atoms with Gasteiger partial charge in [-0.2, -0.15) is 0 Å². The highest BCUT2D eigenvalue weighted by Crippen LogP contribution is 2.34. The maximum Gasteiger partial charge on any atom is 0.0452 e. The molecule has 0 aliphatic carbocycles. The number of likely N-dealkylation sites (tertiary alicyclic amines) is 1. The lowest BCUT2D eigenvalue weighted by Crippen LogP contribution is -2.32. The molecule has 2 saturated heterocycles. The van der Waals surface area contributed by atoms with Gasteiger partial charge in [0.25, 0.3) is 0 Å². The Morgan fingerprint density at radius 1 is 1.33 bits per heavy atom. The van der Waals surface area contributed by atoms with E-state index in [0.29, 0.717) is 6.04 Å². The first-order chi connectivity index (χ1) is 8.65. The quantitative estimate of drug-likeness (QED) is 0.898. The average Bonchev–Trinajstić information content (AvgIpc) is 2.89. The Balaban J connectivity index is 1.75. The van der Waals surface area contributed by atoms with Crippen LogP contribution in [0, 0.1) is 11.8 Å². The lowest BCUT2D eigenvalue weighted by molar-refractivity contribution is 0.231. The number of benzene rings is 1. The Kier molecular flexibility index (Phi) is 3.55. The minimum atomic E-state index is 0.625. The molecule has 3 rings (SSSR count). The summed E-state index contributed by atoms with van der Waals surface area (Å²) >= 11 is 12.3. The van der Waals surface area contributed by atoms with E-state index in [0.717, 1.165) is 47.1 Å². The molecule has 4 heteroatoms. The lowest BCUT2D eigenvalue weighted by Gasteiger charge is -2.24. The second-order valence-corrected chi connectivity index (χ2v) is 6.33. The molecule has 1 aromatic rings. The minimum Gasteiger partial charge on any atom is -0.316 e. The number of rotatable bonds is 2. The molecule has 2 aliphatic rings. The molecule has 0 saturated carbocycles. The molecule has 1 N–H and O–H groups in total. The van der Waals surface area contributed by atoms with Gasteiger partial charge in [0.15, 0.2) is 0 Å². The fraction of sp³-hybridized carbons (Fsp3) is 0.571. The van der Waals surface area contributed by atoms with E-state index in [2.05, 4.69) is 17.1 Å². The molecule has 2 aliphatic heterocycles. The SMILES string of the molecule is CC1C2CNCC2CN1Cc1cc(Cl)ccc1Cl. The Hall–Kier alpha value is -0.280. The molecule has 0 bridgehead atoms. The molecular weight excluding hydrogens is 267 g/mol. The highest BCUT2D eigenvalue weighted by Gasteiger charge is 2.41. The summed E-state index contributed by atoms with van der Waals surface area (Å²) in [5.41, 5.74) is 1.14. The summed E-state index contributed by atoms with van der Waals surface area (Å²) in [6.45, 7) is 6.73. The van der Waals surface area contributed by atoms with Crippen LogP contribution in [0.2, 0.25) is 10.0 Å². The summed E-state index contributed by atoms with van der Waals surface area (Å²) in [5.74, 6) is 1.60. The van der Waals surface area contributed by atoms with E-state index >= 15 is 0 Å². The van der Waals surface area contributed by atoms with Crippen molar-refractivity contribution in [3.63, 3.8) is 0 Å². The van der Waals surface area contributed by atoms with Crippen LogP contribution in [-0.4, -0.2) is 30.6 Å². The molecule has 2 nitrogen and oxygen atoms in total. The van der Waals surface area contributed by atoms with Gasteiger partial charge in [0.1, 0.15) is 0 Å². The van der Waals surface area contributed by atoms with Crippen LogP contribution in [0.4, 0.5) is 0 Å². The summed E-state index contributed by atoms with van der Waals surface area (Å²) in [7, 11) is 0. The summed E-state index contributed by atoms with van der Waals surface area (Å²) in [5, 5.41) is 5.07. The van der Waals surface area contributed by atoms with E-state index in [9.17, 15) is 0 Å². The smallest absolute Gasteiger partial charge is 0.0452 e. The molecule has 0 aromatic heterocycles. The van der Waals surface area contributed by atoms with Crippen LogP contribution in [0.3, 0.4) is 0 Å². The maximum atomic E-state index is 6.25. The molecule has 98 valence electrons. The number of fused-ring (bicyclic) bond motifs is 1. The fourth-order valence-electron chi connectivity index (χ4n) is 3.35. The van der Waals surface area contributed by atoms with Crippen molar-refractivity contribution in [1.29, 1.82) is 0 Å². The van der Waals surface area contributed by atoms with Crippen LogP contribution >= 0.6 is 23.2 Å². The standard InChI is InChI=1S/C14H18Cl2N2/c1-9-13-6-17-5-11(13)8-18(9)7-10-4-12(15)2-3-14(10)16/h2-4,9,11,13,17H,5-8H2,1H3. The lowest BCUT2D eigenvalue weighted by atomic mass is 9.95. The Bertz CT molecular complexity index is 449. The Labute approximate surface area is 118 Å². The number of hydrogen-bond acceptors (Lipinski definition) is 2.